The van der Waals surface area contributed by atoms with E-state index in [1.807, 2.05) is 66.0 Å². The van der Waals surface area contributed by atoms with Crippen molar-refractivity contribution in [1.82, 2.24) is 10.2 Å². The number of carbonyl (C=O) groups is 1. The van der Waals surface area contributed by atoms with E-state index in [2.05, 4.69) is 15.6 Å². The lowest BCUT2D eigenvalue weighted by atomic mass is 10.1. The second-order valence-electron chi connectivity index (χ2n) is 7.66. The quantitative estimate of drug-likeness (QED) is 0.644. The predicted octanol–water partition coefficient (Wildman–Crippen LogP) is 2.90. The minimum absolute atomic E-state index is 0.250. The topological polar surface area (TPSA) is 92.6 Å². The molecule has 0 saturated heterocycles. The summed E-state index contributed by atoms with van der Waals surface area (Å²) in [6.07, 6.45) is 12.1. The number of anilines is 1. The zero-order valence-electron chi connectivity index (χ0n) is 17.2. The second-order valence-corrected chi connectivity index (χ2v) is 9.68. The van der Waals surface area contributed by atoms with Crippen LogP contribution in [0.1, 0.15) is 11.7 Å². The van der Waals surface area contributed by atoms with Crippen LogP contribution in [0.4, 0.5) is 5.69 Å². The number of fused-ring (bicyclic) bond motifs is 2. The SMILES string of the molecule is CS(=O)(=O)c1ccc(C2NC(C(=O)Nc3cccc4c[nH+]ccc34)=C3C=CC=CN32)cc1. The molecule has 160 valence electrons. The number of sulfone groups is 1. The van der Waals surface area contributed by atoms with E-state index < -0.39 is 9.84 Å². The van der Waals surface area contributed by atoms with Crippen LogP contribution >= 0.6 is 0 Å². The maximum absolute atomic E-state index is 13.3. The fourth-order valence-corrected chi connectivity index (χ4v) is 4.58. The molecule has 1 unspecified atom stereocenters. The Morgan fingerprint density at radius 2 is 1.91 bits per heavy atom. The third kappa shape index (κ3) is 3.54. The fourth-order valence-electron chi connectivity index (χ4n) is 3.95. The van der Waals surface area contributed by atoms with E-state index in [4.69, 9.17) is 0 Å². The molecule has 1 amide bonds. The van der Waals surface area contributed by atoms with Crippen LogP contribution in [0.2, 0.25) is 0 Å². The van der Waals surface area contributed by atoms with Crippen molar-refractivity contribution < 1.29 is 18.2 Å². The van der Waals surface area contributed by atoms with Gasteiger partial charge in [-0.3, -0.25) is 4.79 Å². The number of hydrogen-bond acceptors (Lipinski definition) is 5. The number of benzene rings is 2. The van der Waals surface area contributed by atoms with Gasteiger partial charge in [-0.2, -0.15) is 0 Å². The van der Waals surface area contributed by atoms with Crippen LogP contribution in [-0.4, -0.2) is 25.5 Å². The molecule has 0 radical (unpaired) electrons. The molecule has 7 nitrogen and oxygen atoms in total. The highest BCUT2D eigenvalue weighted by atomic mass is 32.2. The first kappa shape index (κ1) is 20.0. The molecule has 0 aliphatic carbocycles. The van der Waals surface area contributed by atoms with Crippen LogP contribution in [0.3, 0.4) is 0 Å². The Balaban J connectivity index is 1.45. The van der Waals surface area contributed by atoms with Crippen molar-refractivity contribution >= 4 is 32.2 Å². The Morgan fingerprint density at radius 3 is 2.69 bits per heavy atom. The largest absolute Gasteiger partial charge is 0.355 e. The summed E-state index contributed by atoms with van der Waals surface area (Å²) < 4.78 is 23.6. The van der Waals surface area contributed by atoms with Gasteiger partial charge in [0.2, 0.25) is 0 Å². The lowest BCUT2D eigenvalue weighted by Crippen LogP contribution is -2.28. The summed E-state index contributed by atoms with van der Waals surface area (Å²) in [5, 5.41) is 8.27. The Hall–Kier alpha value is -3.91. The van der Waals surface area contributed by atoms with Gasteiger partial charge in [-0.05, 0) is 42.0 Å². The Morgan fingerprint density at radius 1 is 1.09 bits per heavy atom. The van der Waals surface area contributed by atoms with E-state index in [1.165, 1.54) is 6.26 Å². The number of carbonyl (C=O) groups excluding carboxylic acids is 1. The van der Waals surface area contributed by atoms with Gasteiger partial charge in [0.25, 0.3) is 5.91 Å². The average Bonchev–Trinajstić information content (AvgIpc) is 3.19. The lowest BCUT2D eigenvalue weighted by Gasteiger charge is -2.26. The first-order valence-electron chi connectivity index (χ1n) is 10.1. The molecule has 1 atom stereocenters. The number of nitrogens with one attached hydrogen (secondary N) is 3. The zero-order valence-corrected chi connectivity index (χ0v) is 18.1. The molecule has 5 rings (SSSR count). The van der Waals surface area contributed by atoms with E-state index in [1.54, 1.807) is 24.3 Å². The monoisotopic (exact) mass is 445 g/mol. The molecule has 3 heterocycles. The number of amides is 1. The summed E-state index contributed by atoms with van der Waals surface area (Å²) in [5.74, 6) is -0.250. The van der Waals surface area contributed by atoms with Crippen LogP contribution in [0.5, 0.6) is 0 Å². The Kier molecular flexibility index (Phi) is 4.79. The molecule has 0 spiro atoms. The van der Waals surface area contributed by atoms with Gasteiger partial charge in [0.1, 0.15) is 11.9 Å². The van der Waals surface area contributed by atoms with E-state index in [9.17, 15) is 13.2 Å². The van der Waals surface area contributed by atoms with Gasteiger partial charge in [-0.1, -0.05) is 24.3 Å². The third-order valence-electron chi connectivity index (χ3n) is 5.53. The fraction of sp³-hybridized carbons (Fsp3) is 0.0833. The first-order valence-corrected chi connectivity index (χ1v) is 12.0. The summed E-state index contributed by atoms with van der Waals surface area (Å²) >= 11 is 0. The number of allylic oxidation sites excluding steroid dienone is 3. The van der Waals surface area contributed by atoms with Crippen molar-refractivity contribution in [2.45, 2.75) is 11.1 Å². The van der Waals surface area contributed by atoms with Crippen LogP contribution in [0, 0.1) is 0 Å². The number of nitrogens with zero attached hydrogens (tertiary/aromatic N) is 1. The number of H-pyrrole nitrogens is 1. The number of aromatic nitrogens is 1. The summed E-state index contributed by atoms with van der Waals surface area (Å²) in [6.45, 7) is 0. The molecule has 2 aliphatic rings. The van der Waals surface area contributed by atoms with E-state index >= 15 is 0 Å². The normalized spacial score (nSPS) is 17.4. The van der Waals surface area contributed by atoms with E-state index in [0.29, 0.717) is 5.70 Å². The molecular formula is C24H21N4O3S+. The first-order chi connectivity index (χ1) is 15.4. The maximum Gasteiger partial charge on any atom is 0.273 e. The van der Waals surface area contributed by atoms with Gasteiger partial charge in [-0.15, -0.1) is 0 Å². The minimum Gasteiger partial charge on any atom is -0.355 e. The third-order valence-corrected chi connectivity index (χ3v) is 6.66. The molecule has 2 aromatic carbocycles. The minimum atomic E-state index is -3.28. The summed E-state index contributed by atoms with van der Waals surface area (Å²) in [6, 6.07) is 14.4. The lowest BCUT2D eigenvalue weighted by molar-refractivity contribution is -0.375. The summed E-state index contributed by atoms with van der Waals surface area (Å²) in [5.41, 5.74) is 2.76. The van der Waals surface area contributed by atoms with Crippen LogP contribution in [0.25, 0.3) is 10.8 Å². The van der Waals surface area contributed by atoms with Crippen molar-refractivity contribution in [2.24, 2.45) is 0 Å². The maximum atomic E-state index is 13.3. The van der Waals surface area contributed by atoms with Crippen molar-refractivity contribution in [2.75, 3.05) is 11.6 Å². The van der Waals surface area contributed by atoms with Crippen molar-refractivity contribution in [1.29, 1.82) is 0 Å². The van der Waals surface area contributed by atoms with Gasteiger partial charge in [0, 0.05) is 35.0 Å². The molecule has 32 heavy (non-hydrogen) atoms. The molecule has 0 fully saturated rings. The highest BCUT2D eigenvalue weighted by molar-refractivity contribution is 7.90. The predicted molar refractivity (Wildman–Crippen MR) is 122 cm³/mol. The number of hydrogen-bond donors (Lipinski definition) is 2. The Labute approximate surface area is 185 Å². The standard InChI is InChI=1S/C24H20N4O3S/c1-32(30,31)18-10-8-16(9-11-18)23-27-22(21-7-2-3-14-28(21)23)24(29)26-20-6-4-5-17-15-25-13-12-19(17)20/h2-15,23,27H,1H3,(H,26,29)/p+1. The van der Waals surface area contributed by atoms with Gasteiger partial charge < -0.3 is 15.5 Å². The van der Waals surface area contributed by atoms with Crippen molar-refractivity contribution in [3.63, 3.8) is 0 Å². The molecule has 3 N–H and O–H groups in total. The van der Waals surface area contributed by atoms with E-state index in [-0.39, 0.29) is 17.0 Å². The molecule has 2 aliphatic heterocycles. The Bertz CT molecular complexity index is 1420. The molecule has 1 aromatic heterocycles. The smallest absolute Gasteiger partial charge is 0.273 e. The number of pyridine rings is 1. The number of aromatic amines is 1. The highest BCUT2D eigenvalue weighted by Gasteiger charge is 2.34. The zero-order chi connectivity index (χ0) is 22.3. The average molecular weight is 446 g/mol. The molecular weight excluding hydrogens is 424 g/mol. The summed E-state index contributed by atoms with van der Waals surface area (Å²) in [4.78, 5) is 18.5. The van der Waals surface area contributed by atoms with Gasteiger partial charge in [0.15, 0.2) is 22.2 Å². The van der Waals surface area contributed by atoms with Crippen LogP contribution in [0.15, 0.2) is 102 Å². The molecule has 0 saturated carbocycles. The number of rotatable bonds is 4. The van der Waals surface area contributed by atoms with E-state index in [0.717, 1.165) is 27.7 Å². The van der Waals surface area contributed by atoms with Crippen molar-refractivity contribution in [3.8, 4) is 0 Å². The van der Waals surface area contributed by atoms with Gasteiger partial charge in [0.05, 0.1) is 10.6 Å². The van der Waals surface area contributed by atoms with Gasteiger partial charge >= 0.3 is 0 Å². The van der Waals surface area contributed by atoms with Crippen molar-refractivity contribution in [3.05, 3.63) is 102 Å². The molecule has 0 bridgehead atoms. The molecule has 8 heteroatoms. The second kappa shape index (κ2) is 7.65. The highest BCUT2D eigenvalue weighted by Crippen LogP contribution is 2.35. The van der Waals surface area contributed by atoms with Gasteiger partial charge in [-0.25, -0.2) is 13.4 Å². The van der Waals surface area contributed by atoms with Crippen LogP contribution in [-0.2, 0) is 14.6 Å². The molecule has 3 aromatic rings. The van der Waals surface area contributed by atoms with Crippen LogP contribution < -0.4 is 15.6 Å². The summed E-state index contributed by atoms with van der Waals surface area (Å²) in [7, 11) is -3.28.